The third kappa shape index (κ3) is 18.6. The number of aromatic nitrogens is 21. The minimum Gasteiger partial charge on any atom is -0.479 e. The molecule has 0 radical (unpaired) electrons. The highest BCUT2D eigenvalue weighted by Gasteiger charge is 2.49. The van der Waals surface area contributed by atoms with Gasteiger partial charge in [-0.2, -0.15) is 20.4 Å². The Labute approximate surface area is 861 Å². The average molecular weight is 2050 g/mol. The molecule has 31 rings (SSSR count). The molecule has 9 atom stereocenters. The molecule has 27 nitrogen and oxygen atoms in total. The molecule has 14 aliphatic carbocycles. The predicted molar refractivity (Wildman–Crippen MR) is 556 cm³/mol. The monoisotopic (exact) mass is 2050 g/mol. The van der Waals surface area contributed by atoms with Crippen LogP contribution in [0.1, 0.15) is 179 Å². The number of carboxylic acid groups (broad SMARTS) is 1. The van der Waals surface area contributed by atoms with Crippen LogP contribution in [0.25, 0.3) is 107 Å². The number of para-hydroxylation sites is 3. The van der Waals surface area contributed by atoms with Crippen LogP contribution in [0.3, 0.4) is 0 Å². The smallest absolute Gasteiger partial charge is 0.334 e. The fourth-order valence-electron chi connectivity index (χ4n) is 26.7. The van der Waals surface area contributed by atoms with Gasteiger partial charge in [0.25, 0.3) is 0 Å². The Bertz CT molecular complexity index is 7500. The normalized spacial score (nSPS) is 25.5. The summed E-state index contributed by atoms with van der Waals surface area (Å²) >= 11 is 25.0. The number of carboxylic acids is 1. The highest BCUT2D eigenvalue weighted by molar-refractivity contribution is 6.32. The van der Waals surface area contributed by atoms with Crippen molar-refractivity contribution in [1.82, 2.24) is 105 Å². The molecular formula is C111H114Cl4F4N24O3. The third-order valence-corrected chi connectivity index (χ3v) is 35.8. The van der Waals surface area contributed by atoms with Gasteiger partial charge in [-0.1, -0.05) is 129 Å². The second-order valence-electron chi connectivity index (χ2n) is 42.9. The van der Waals surface area contributed by atoms with Gasteiger partial charge in [0, 0.05) is 61.0 Å². The van der Waals surface area contributed by atoms with E-state index in [2.05, 4.69) is 98.3 Å². The van der Waals surface area contributed by atoms with E-state index in [0.29, 0.717) is 261 Å². The van der Waals surface area contributed by atoms with Crippen molar-refractivity contribution in [2.45, 2.75) is 200 Å². The van der Waals surface area contributed by atoms with E-state index in [1.165, 1.54) is 109 Å². The highest BCUT2D eigenvalue weighted by Crippen LogP contribution is 2.56. The number of fused-ring (bicyclic) bond motifs is 17. The largest absolute Gasteiger partial charge is 0.479 e. The van der Waals surface area contributed by atoms with Crippen molar-refractivity contribution in [3.63, 3.8) is 0 Å². The van der Waals surface area contributed by atoms with Gasteiger partial charge in [-0.3, -0.25) is 29.9 Å². The van der Waals surface area contributed by atoms with Gasteiger partial charge >= 0.3 is 5.97 Å². The van der Waals surface area contributed by atoms with Crippen LogP contribution in [0.4, 0.5) is 46.4 Å². The van der Waals surface area contributed by atoms with Crippen LogP contribution in [-0.4, -0.2) is 154 Å². The van der Waals surface area contributed by atoms with Crippen molar-refractivity contribution >= 4 is 136 Å². The van der Waals surface area contributed by atoms with E-state index >= 15 is 17.6 Å². The Morgan fingerprint density at radius 1 is 0.397 bits per heavy atom. The van der Waals surface area contributed by atoms with E-state index < -0.39 is 17.9 Å². The quantitative estimate of drug-likeness (QED) is 0.0417. The Balaban J connectivity index is 0.000000104. The Hall–Kier alpha value is -12.3. The molecule has 14 heterocycles. The van der Waals surface area contributed by atoms with E-state index in [9.17, 15) is 9.90 Å². The van der Waals surface area contributed by atoms with Crippen LogP contribution in [0.15, 0.2) is 146 Å². The summed E-state index contributed by atoms with van der Waals surface area (Å²) in [5.74, 6) is 9.42. The summed E-state index contributed by atoms with van der Waals surface area (Å²) in [6.45, 7) is 9.85. The number of halogens is 8. The molecule has 146 heavy (non-hydrogen) atoms. The van der Waals surface area contributed by atoms with Crippen LogP contribution in [0.2, 0.25) is 20.1 Å². The number of ether oxygens (including phenoxy) is 1. The van der Waals surface area contributed by atoms with Crippen molar-refractivity contribution < 1.29 is 32.2 Å². The molecule has 3 aromatic carbocycles. The number of anilines is 5. The summed E-state index contributed by atoms with van der Waals surface area (Å²) < 4.78 is 72.5. The van der Waals surface area contributed by atoms with Gasteiger partial charge in [0.15, 0.2) is 98.5 Å². The van der Waals surface area contributed by atoms with Gasteiger partial charge in [0.05, 0.1) is 83.1 Å². The molecule has 1 saturated heterocycles. The molecule has 0 amide bonds. The lowest BCUT2D eigenvalue weighted by molar-refractivity contribution is -0.150. The molecule has 752 valence electrons. The first-order valence-corrected chi connectivity index (χ1v) is 53.7. The maximum atomic E-state index is 16.8. The van der Waals surface area contributed by atoms with Crippen molar-refractivity contribution in [2.75, 3.05) is 34.4 Å². The van der Waals surface area contributed by atoms with Gasteiger partial charge in [0.2, 0.25) is 0 Å². The number of H-pyrrole nitrogens is 4. The lowest BCUT2D eigenvalue weighted by Crippen LogP contribution is -2.47. The Morgan fingerprint density at radius 2 is 0.726 bits per heavy atom. The number of carbonyl (C=O) groups is 1. The summed E-state index contributed by atoms with van der Waals surface area (Å²) in [5.41, 5.74) is 8.75. The van der Waals surface area contributed by atoms with Crippen molar-refractivity contribution in [3.8, 4) is 51.9 Å². The van der Waals surface area contributed by atoms with Crippen LogP contribution >= 0.6 is 46.4 Å². The van der Waals surface area contributed by atoms with Crippen molar-refractivity contribution in [1.29, 1.82) is 0 Å². The Kier molecular flexibility index (Phi) is 26.3. The first-order valence-electron chi connectivity index (χ1n) is 52.2. The van der Waals surface area contributed by atoms with E-state index in [1.54, 1.807) is 41.7 Å². The topological polar surface area (TPSA) is 331 Å². The first kappa shape index (κ1) is 95.9. The van der Waals surface area contributed by atoms with E-state index in [-0.39, 0.29) is 48.1 Å². The number of aromatic amines is 4. The number of rotatable bonds is 21. The predicted octanol–water partition coefficient (Wildman–Crippen LogP) is 25.1. The average Bonchev–Trinajstić information content (AvgIpc) is 1.58. The molecule has 13 aromatic heterocycles. The molecule has 1 unspecified atom stereocenters. The van der Waals surface area contributed by atoms with E-state index in [0.717, 1.165) is 65.2 Å². The molecule has 8 bridgehead atoms. The minimum atomic E-state index is -1.08. The Morgan fingerprint density at radius 3 is 1.10 bits per heavy atom. The molecule has 0 spiro atoms. The second kappa shape index (κ2) is 40.1. The SMILES string of the molecule is C[C@H]1C2CCC(CC2)[C@@H]1Cc1nc(-c2[nH]nc3ncc(Cl)cc23)nc(-n2ccc3ccccc32)c1F.C[C@H]1C2CCC(CC2)[C@@H]1Cc1nc(-c2[nH]nc3ncc(Cl)cc23)nc(N(C2CC2)C2CC2)c1F.C[C@H]1C2CCC(CC2)[C@@H]1Cc1nc(-c2[nH]nc3ncc(Cl)cc23)nc(N(c2ccccc2)c2ccccc2)c1F.C[C@H]1C2CCC(CC2)[C@@H]1Cc1nc(-c2[nH]nc3ncc(Cl)cc23)nc(N2CCOC(C(=O)O)C2)c1F. The lowest BCUT2D eigenvalue weighted by atomic mass is 9.58. The zero-order chi connectivity index (χ0) is 99.6. The molecule has 1 aliphatic heterocycles. The number of pyridine rings is 4. The number of aliphatic carboxylic acids is 1. The van der Waals surface area contributed by atoms with E-state index in [4.69, 9.17) is 86.0 Å². The molecule has 14 saturated carbocycles. The fourth-order valence-corrected chi connectivity index (χ4v) is 27.4. The second-order valence-corrected chi connectivity index (χ2v) is 44.6. The molecule has 15 aliphatic rings. The van der Waals surface area contributed by atoms with Crippen molar-refractivity contribution in [3.05, 3.63) is 212 Å². The number of nitrogens with zero attached hydrogens (tertiary/aromatic N) is 20. The summed E-state index contributed by atoms with van der Waals surface area (Å²) in [5, 5.41) is 44.6. The van der Waals surface area contributed by atoms with Gasteiger partial charge in [0.1, 0.15) is 22.8 Å². The summed E-state index contributed by atoms with van der Waals surface area (Å²) in [6, 6.07) is 37.4. The molecule has 15 fully saturated rings. The fraction of sp³-hybridized carbons (Fsp3) is 0.450. The molecule has 35 heteroatoms. The maximum absolute atomic E-state index is 16.8. The highest BCUT2D eigenvalue weighted by atomic mass is 35.5. The summed E-state index contributed by atoms with van der Waals surface area (Å²) in [7, 11) is 0. The van der Waals surface area contributed by atoms with Crippen LogP contribution in [0, 0.1) is 118 Å². The lowest BCUT2D eigenvalue weighted by Gasteiger charge is -2.47. The van der Waals surface area contributed by atoms with Gasteiger partial charge in [-0.15, -0.1) is 0 Å². The van der Waals surface area contributed by atoms with Crippen LogP contribution in [-0.2, 0) is 35.2 Å². The van der Waals surface area contributed by atoms with Gasteiger partial charge < -0.3 is 19.6 Å². The van der Waals surface area contributed by atoms with Gasteiger partial charge in [-0.05, 0) is 315 Å². The maximum Gasteiger partial charge on any atom is 0.334 e. The first-order chi connectivity index (χ1) is 71.1. The van der Waals surface area contributed by atoms with Gasteiger partial charge in [-0.25, -0.2) is 82.2 Å². The third-order valence-electron chi connectivity index (χ3n) is 34.9. The van der Waals surface area contributed by atoms with Crippen molar-refractivity contribution in [2.24, 2.45) is 94.7 Å². The zero-order valence-electron chi connectivity index (χ0n) is 81.6. The van der Waals surface area contributed by atoms with Crippen LogP contribution < -0.4 is 14.7 Å². The minimum absolute atomic E-state index is 0.00375. The number of hydrogen-bond acceptors (Lipinski definition) is 21. The number of morpholine rings is 1. The van der Waals surface area contributed by atoms with Crippen LogP contribution in [0.5, 0.6) is 0 Å². The molecule has 5 N–H and O–H groups in total. The summed E-state index contributed by atoms with van der Waals surface area (Å²) in [4.78, 5) is 72.8. The number of benzene rings is 3. The summed E-state index contributed by atoms with van der Waals surface area (Å²) in [6.07, 6.45) is 34.1. The molecule has 16 aromatic rings. The van der Waals surface area contributed by atoms with E-state index in [1.807, 2.05) is 113 Å². The zero-order valence-corrected chi connectivity index (χ0v) is 84.7. The molecular weight excluding hydrogens is 1940 g/mol. The standard InChI is InChI=1S/C32H30ClFN6.C28H26ClFN6.C26H30ClFN6.C25H28ClFN6O3/c1-19-20-12-14-21(15-13-20)25(19)17-27-28(34)32(40(23-8-4-2-5-9-23)24-10-6-3-7-11-24)37-31(36-27)29-26-16-22(33)18-35-30(26)39-38-29;1-15-16-6-8-17(9-7-16)20(15)13-22-24(30)28(36-11-10-18-4-2-3-5-23(18)36)33-27(32-22)25-21-12-19(29)14-31-26(21)35-34-25;1-13-14-2-4-15(5-3-14)19(13)11-21-22(28)26(34(17-6-7-17)18-8-9-18)31-25(30-21)23-20-10-16(27)12-29-24(20)33-32-23;1-12-13-2-4-14(5-3-13)16(12)9-18-20(27)24(33-6-7-36-19(11-33)25(34)35)30-23(29-18)21-17-8-15(26)10-28-22(17)32-31-21/h2-11,16,18-21,25H,12-15,17H2,1H3,(H,35,38,39);2-5,10-12,14-17,20H,6-9,13H2,1H3,(H,31,34,35);10,12-15,17-19H,2-9,11H2,1H3,(H,29,32,33);8,10,12-14,16,19H,2-7,9,11H2,1H3,(H,34,35)(H,28,31,32)/t19-,20?,21?,25+;15-,16?,17?,20+;13-,14?,15?,19+;12-,13?,14?,16+,19?/m0000/s1. The number of nitrogens with one attached hydrogen (secondary N) is 4. The number of hydrogen-bond donors (Lipinski definition) is 5.